The summed E-state index contributed by atoms with van der Waals surface area (Å²) >= 11 is 0. The molecule has 0 amide bonds. The highest BCUT2D eigenvalue weighted by molar-refractivity contribution is 5.01. The fourth-order valence-electron chi connectivity index (χ4n) is 2.39. The molecule has 0 bridgehead atoms. The van der Waals surface area contributed by atoms with Crippen molar-refractivity contribution in [2.24, 2.45) is 5.73 Å². The lowest BCUT2D eigenvalue weighted by Crippen LogP contribution is -2.25. The van der Waals surface area contributed by atoms with E-state index >= 15 is 0 Å². The van der Waals surface area contributed by atoms with E-state index in [9.17, 15) is 8.78 Å². The maximum absolute atomic E-state index is 13.3. The highest BCUT2D eigenvalue weighted by Crippen LogP contribution is 2.40. The molecule has 0 spiro atoms. The zero-order chi connectivity index (χ0) is 13.2. The van der Waals surface area contributed by atoms with Crippen molar-refractivity contribution in [3.8, 4) is 0 Å². The summed E-state index contributed by atoms with van der Waals surface area (Å²) in [5.74, 6) is -2.16. The van der Waals surface area contributed by atoms with Crippen LogP contribution in [0, 0.1) is 0 Å². The number of hydrogen-bond donors (Lipinski definition) is 1. The van der Waals surface area contributed by atoms with Crippen molar-refractivity contribution in [3.63, 3.8) is 0 Å². The van der Waals surface area contributed by atoms with Crippen molar-refractivity contribution < 1.29 is 13.3 Å². The van der Waals surface area contributed by atoms with Crippen LogP contribution in [0.5, 0.6) is 0 Å². The molecule has 2 atom stereocenters. The van der Waals surface area contributed by atoms with Crippen LogP contribution in [0.25, 0.3) is 0 Å². The topological polar surface area (TPSA) is 64.9 Å². The molecule has 1 aliphatic carbocycles. The van der Waals surface area contributed by atoms with Gasteiger partial charge in [0.05, 0.1) is 6.04 Å². The molecule has 1 aliphatic rings. The SMILES string of the molecule is CCC[C@@H](N)c1nc(C2CCCC(F)(F)C2)no1. The van der Waals surface area contributed by atoms with Gasteiger partial charge in [0.1, 0.15) is 0 Å². The Labute approximate surface area is 105 Å². The van der Waals surface area contributed by atoms with Crippen LogP contribution in [-0.4, -0.2) is 16.1 Å². The Morgan fingerprint density at radius 2 is 2.33 bits per heavy atom. The Hall–Kier alpha value is -1.04. The van der Waals surface area contributed by atoms with E-state index in [0.29, 0.717) is 24.6 Å². The third kappa shape index (κ3) is 3.04. The average molecular weight is 259 g/mol. The standard InChI is InChI=1S/C12H19F2N3O/c1-2-4-9(15)11-16-10(17-18-11)8-5-3-6-12(13,14)7-8/h8-9H,2-7,15H2,1H3/t8?,9-/m1/s1. The van der Waals surface area contributed by atoms with Gasteiger partial charge in [0, 0.05) is 18.8 Å². The summed E-state index contributed by atoms with van der Waals surface area (Å²) in [6.07, 6.45) is 2.64. The summed E-state index contributed by atoms with van der Waals surface area (Å²) in [6.45, 7) is 2.01. The first-order valence-electron chi connectivity index (χ1n) is 6.49. The molecule has 1 unspecified atom stereocenters. The maximum atomic E-state index is 13.3. The van der Waals surface area contributed by atoms with Crippen LogP contribution in [0.2, 0.25) is 0 Å². The number of hydrogen-bond acceptors (Lipinski definition) is 4. The Balaban J connectivity index is 2.05. The minimum absolute atomic E-state index is 0.0381. The van der Waals surface area contributed by atoms with E-state index in [1.807, 2.05) is 6.92 Å². The molecule has 6 heteroatoms. The smallest absolute Gasteiger partial charge is 0.248 e. The molecule has 2 N–H and O–H groups in total. The monoisotopic (exact) mass is 259 g/mol. The molecule has 1 aromatic rings. The molecular formula is C12H19F2N3O. The van der Waals surface area contributed by atoms with E-state index in [2.05, 4.69) is 10.1 Å². The molecule has 102 valence electrons. The number of nitrogens with two attached hydrogens (primary N) is 1. The third-order valence-electron chi connectivity index (χ3n) is 3.38. The van der Waals surface area contributed by atoms with Gasteiger partial charge in [0.15, 0.2) is 5.82 Å². The van der Waals surface area contributed by atoms with Crippen molar-refractivity contribution in [1.29, 1.82) is 0 Å². The second-order valence-corrected chi connectivity index (χ2v) is 5.04. The first-order valence-corrected chi connectivity index (χ1v) is 6.49. The van der Waals surface area contributed by atoms with Crippen molar-refractivity contribution in [2.75, 3.05) is 0 Å². The average Bonchev–Trinajstić information content (AvgIpc) is 2.77. The van der Waals surface area contributed by atoms with Gasteiger partial charge < -0.3 is 10.3 Å². The van der Waals surface area contributed by atoms with E-state index in [0.717, 1.165) is 12.8 Å². The van der Waals surface area contributed by atoms with Gasteiger partial charge in [-0.1, -0.05) is 18.5 Å². The highest BCUT2D eigenvalue weighted by atomic mass is 19.3. The lowest BCUT2D eigenvalue weighted by Gasteiger charge is -2.26. The molecular weight excluding hydrogens is 240 g/mol. The van der Waals surface area contributed by atoms with Crippen LogP contribution in [-0.2, 0) is 0 Å². The molecule has 0 saturated heterocycles. The molecule has 4 nitrogen and oxygen atoms in total. The predicted molar refractivity (Wildman–Crippen MR) is 62.3 cm³/mol. The number of halogens is 2. The van der Waals surface area contributed by atoms with Gasteiger partial charge >= 0.3 is 0 Å². The fourth-order valence-corrected chi connectivity index (χ4v) is 2.39. The summed E-state index contributed by atoms with van der Waals surface area (Å²) in [6, 6.07) is -0.291. The number of alkyl halides is 2. The van der Waals surface area contributed by atoms with Crippen LogP contribution < -0.4 is 5.73 Å². The van der Waals surface area contributed by atoms with Crippen molar-refractivity contribution in [1.82, 2.24) is 10.1 Å². The Bertz CT molecular complexity index is 394. The normalized spacial score (nSPS) is 25.0. The minimum atomic E-state index is -2.60. The lowest BCUT2D eigenvalue weighted by molar-refractivity contribution is -0.0418. The summed E-state index contributed by atoms with van der Waals surface area (Å²) in [7, 11) is 0. The summed E-state index contributed by atoms with van der Waals surface area (Å²) < 4.78 is 31.7. The van der Waals surface area contributed by atoms with Crippen LogP contribution in [0.4, 0.5) is 8.78 Å². The second kappa shape index (κ2) is 5.30. The van der Waals surface area contributed by atoms with Crippen LogP contribution >= 0.6 is 0 Å². The van der Waals surface area contributed by atoms with Gasteiger partial charge in [-0.3, -0.25) is 0 Å². The first-order chi connectivity index (χ1) is 8.52. The van der Waals surface area contributed by atoms with Gasteiger partial charge in [0.25, 0.3) is 0 Å². The number of rotatable bonds is 4. The van der Waals surface area contributed by atoms with Gasteiger partial charge in [-0.15, -0.1) is 0 Å². The van der Waals surface area contributed by atoms with Crippen molar-refractivity contribution >= 4 is 0 Å². The lowest BCUT2D eigenvalue weighted by atomic mass is 9.86. The van der Waals surface area contributed by atoms with Crippen molar-refractivity contribution in [3.05, 3.63) is 11.7 Å². The zero-order valence-corrected chi connectivity index (χ0v) is 10.5. The van der Waals surface area contributed by atoms with Crippen LogP contribution in [0.3, 0.4) is 0 Å². The van der Waals surface area contributed by atoms with E-state index < -0.39 is 5.92 Å². The predicted octanol–water partition coefficient (Wildman–Crippen LogP) is 3.16. The highest BCUT2D eigenvalue weighted by Gasteiger charge is 2.38. The van der Waals surface area contributed by atoms with Crippen LogP contribution in [0.15, 0.2) is 4.52 Å². The maximum Gasteiger partial charge on any atom is 0.248 e. The Kier molecular flexibility index (Phi) is 3.94. The number of aromatic nitrogens is 2. The fraction of sp³-hybridized carbons (Fsp3) is 0.833. The van der Waals surface area contributed by atoms with Gasteiger partial charge in [-0.25, -0.2) is 8.78 Å². The molecule has 0 radical (unpaired) electrons. The molecule has 0 aromatic carbocycles. The van der Waals surface area contributed by atoms with E-state index in [-0.39, 0.29) is 24.8 Å². The molecule has 1 aromatic heterocycles. The van der Waals surface area contributed by atoms with E-state index in [1.54, 1.807) is 0 Å². The molecule has 2 rings (SSSR count). The molecule has 18 heavy (non-hydrogen) atoms. The summed E-state index contributed by atoms with van der Waals surface area (Å²) in [4.78, 5) is 4.18. The number of nitrogens with zero attached hydrogens (tertiary/aromatic N) is 2. The molecule has 1 saturated carbocycles. The quantitative estimate of drug-likeness (QED) is 0.902. The van der Waals surface area contributed by atoms with Gasteiger partial charge in [0.2, 0.25) is 11.8 Å². The van der Waals surface area contributed by atoms with Gasteiger partial charge in [-0.05, 0) is 19.3 Å². The summed E-state index contributed by atoms with van der Waals surface area (Å²) in [5, 5.41) is 3.81. The Morgan fingerprint density at radius 1 is 1.56 bits per heavy atom. The van der Waals surface area contributed by atoms with E-state index in [1.165, 1.54) is 0 Å². The largest absolute Gasteiger partial charge is 0.338 e. The second-order valence-electron chi connectivity index (χ2n) is 5.04. The molecule has 0 aliphatic heterocycles. The molecule has 1 heterocycles. The minimum Gasteiger partial charge on any atom is -0.338 e. The summed E-state index contributed by atoms with van der Waals surface area (Å²) in [5.41, 5.74) is 5.86. The Morgan fingerprint density at radius 3 is 3.00 bits per heavy atom. The van der Waals surface area contributed by atoms with Gasteiger partial charge in [-0.2, -0.15) is 4.98 Å². The third-order valence-corrected chi connectivity index (χ3v) is 3.38. The van der Waals surface area contributed by atoms with E-state index in [4.69, 9.17) is 10.3 Å². The first kappa shape index (κ1) is 13.4. The zero-order valence-electron chi connectivity index (χ0n) is 10.5. The van der Waals surface area contributed by atoms with Crippen molar-refractivity contribution in [2.45, 2.75) is 63.3 Å². The van der Waals surface area contributed by atoms with Crippen LogP contribution in [0.1, 0.15) is 69.1 Å². The molecule has 1 fully saturated rings.